The zero-order valence-electron chi connectivity index (χ0n) is 12.1. The van der Waals surface area contributed by atoms with E-state index in [1.807, 2.05) is 6.20 Å². The number of halogens is 1. The van der Waals surface area contributed by atoms with Crippen LogP contribution in [-0.2, 0) is 6.54 Å². The van der Waals surface area contributed by atoms with Gasteiger partial charge in [-0.3, -0.25) is 0 Å². The van der Waals surface area contributed by atoms with E-state index in [2.05, 4.69) is 58.0 Å². The maximum atomic E-state index is 4.65. The van der Waals surface area contributed by atoms with Crippen molar-refractivity contribution in [3.05, 3.63) is 22.3 Å². The highest BCUT2D eigenvalue weighted by atomic mass is 79.9. The number of aromatic nitrogens is 1. The van der Waals surface area contributed by atoms with E-state index in [0.29, 0.717) is 6.04 Å². The van der Waals surface area contributed by atoms with Gasteiger partial charge in [0.2, 0.25) is 0 Å². The Morgan fingerprint density at radius 2 is 2.32 bits per heavy atom. The standard InChI is InChI=1S/C15H24BrN3/c1-4-12-5-6-19(10-12)15-13(8-17-11(2)3)7-14(16)9-18-15/h7,9,11-12,17H,4-6,8,10H2,1-3H3. The van der Waals surface area contributed by atoms with Crippen molar-refractivity contribution in [2.24, 2.45) is 5.92 Å². The molecule has 1 atom stereocenters. The fourth-order valence-electron chi connectivity index (χ4n) is 2.56. The summed E-state index contributed by atoms with van der Waals surface area (Å²) >= 11 is 3.53. The van der Waals surface area contributed by atoms with E-state index in [1.165, 1.54) is 18.4 Å². The lowest BCUT2D eigenvalue weighted by atomic mass is 10.1. The van der Waals surface area contributed by atoms with Crippen LogP contribution in [0.4, 0.5) is 5.82 Å². The molecule has 1 aromatic rings. The number of nitrogens with one attached hydrogen (secondary N) is 1. The molecule has 4 heteroatoms. The van der Waals surface area contributed by atoms with E-state index >= 15 is 0 Å². The van der Waals surface area contributed by atoms with Crippen LogP contribution in [0, 0.1) is 5.92 Å². The molecule has 2 heterocycles. The van der Waals surface area contributed by atoms with E-state index in [1.54, 1.807) is 0 Å². The minimum absolute atomic E-state index is 0.494. The van der Waals surface area contributed by atoms with E-state index in [0.717, 1.165) is 35.8 Å². The number of pyridine rings is 1. The van der Waals surface area contributed by atoms with Gasteiger partial charge in [-0.15, -0.1) is 0 Å². The van der Waals surface area contributed by atoms with Crippen molar-refractivity contribution < 1.29 is 0 Å². The highest BCUT2D eigenvalue weighted by molar-refractivity contribution is 9.10. The third-order valence-corrected chi connectivity index (χ3v) is 4.21. The van der Waals surface area contributed by atoms with Crippen LogP contribution in [0.3, 0.4) is 0 Å². The zero-order chi connectivity index (χ0) is 13.8. The molecule has 0 saturated carbocycles. The van der Waals surface area contributed by atoms with Gasteiger partial charge in [0.15, 0.2) is 0 Å². The van der Waals surface area contributed by atoms with Crippen LogP contribution in [0.2, 0.25) is 0 Å². The maximum Gasteiger partial charge on any atom is 0.133 e. The van der Waals surface area contributed by atoms with Gasteiger partial charge in [0.25, 0.3) is 0 Å². The molecule has 0 amide bonds. The zero-order valence-corrected chi connectivity index (χ0v) is 13.7. The van der Waals surface area contributed by atoms with Crippen molar-refractivity contribution in [1.82, 2.24) is 10.3 Å². The van der Waals surface area contributed by atoms with Crippen LogP contribution in [0.15, 0.2) is 16.7 Å². The van der Waals surface area contributed by atoms with Gasteiger partial charge in [-0.25, -0.2) is 4.98 Å². The molecular weight excluding hydrogens is 302 g/mol. The Morgan fingerprint density at radius 3 is 2.95 bits per heavy atom. The number of rotatable bonds is 5. The lowest BCUT2D eigenvalue weighted by Gasteiger charge is -2.21. The van der Waals surface area contributed by atoms with Crippen LogP contribution >= 0.6 is 15.9 Å². The minimum Gasteiger partial charge on any atom is -0.356 e. The average molecular weight is 326 g/mol. The average Bonchev–Trinajstić information content (AvgIpc) is 2.85. The summed E-state index contributed by atoms with van der Waals surface area (Å²) in [5, 5.41) is 3.49. The second-order valence-corrected chi connectivity index (χ2v) is 6.60. The summed E-state index contributed by atoms with van der Waals surface area (Å²) in [6.07, 6.45) is 4.48. The van der Waals surface area contributed by atoms with Crippen molar-refractivity contribution in [3.8, 4) is 0 Å². The predicted octanol–water partition coefficient (Wildman–Crippen LogP) is 3.58. The van der Waals surface area contributed by atoms with Crippen molar-refractivity contribution >= 4 is 21.7 Å². The first-order valence-corrected chi connectivity index (χ1v) is 8.02. The van der Waals surface area contributed by atoms with Gasteiger partial charge in [-0.2, -0.15) is 0 Å². The smallest absolute Gasteiger partial charge is 0.133 e. The summed E-state index contributed by atoms with van der Waals surface area (Å²) in [5.74, 6) is 1.99. The van der Waals surface area contributed by atoms with Gasteiger partial charge in [-0.05, 0) is 34.3 Å². The van der Waals surface area contributed by atoms with Crippen LogP contribution in [0.5, 0.6) is 0 Å². The molecule has 1 saturated heterocycles. The molecule has 2 rings (SSSR count). The predicted molar refractivity (Wildman–Crippen MR) is 84.5 cm³/mol. The van der Waals surface area contributed by atoms with Crippen LogP contribution in [0.25, 0.3) is 0 Å². The molecule has 1 N–H and O–H groups in total. The topological polar surface area (TPSA) is 28.2 Å². The summed E-state index contributed by atoms with van der Waals surface area (Å²) in [4.78, 5) is 7.09. The molecule has 0 radical (unpaired) electrons. The number of anilines is 1. The number of hydrogen-bond donors (Lipinski definition) is 1. The van der Waals surface area contributed by atoms with E-state index < -0.39 is 0 Å². The van der Waals surface area contributed by atoms with Gasteiger partial charge >= 0.3 is 0 Å². The lowest BCUT2D eigenvalue weighted by Crippen LogP contribution is -2.26. The van der Waals surface area contributed by atoms with Gasteiger partial charge in [0.1, 0.15) is 5.82 Å². The van der Waals surface area contributed by atoms with Gasteiger partial charge in [-0.1, -0.05) is 27.2 Å². The van der Waals surface area contributed by atoms with E-state index in [4.69, 9.17) is 0 Å². The molecule has 1 unspecified atom stereocenters. The van der Waals surface area contributed by atoms with Gasteiger partial charge in [0, 0.05) is 41.9 Å². The summed E-state index contributed by atoms with van der Waals surface area (Å²) < 4.78 is 1.06. The third-order valence-electron chi connectivity index (χ3n) is 3.77. The molecule has 106 valence electrons. The highest BCUT2D eigenvalue weighted by Crippen LogP contribution is 2.28. The van der Waals surface area contributed by atoms with Crippen LogP contribution < -0.4 is 10.2 Å². The summed E-state index contributed by atoms with van der Waals surface area (Å²) in [7, 11) is 0. The largest absolute Gasteiger partial charge is 0.356 e. The van der Waals surface area contributed by atoms with Crippen molar-refractivity contribution in [3.63, 3.8) is 0 Å². The summed E-state index contributed by atoms with van der Waals surface area (Å²) in [5.41, 5.74) is 1.29. The molecule has 1 aliphatic heterocycles. The lowest BCUT2D eigenvalue weighted by molar-refractivity contribution is 0.567. The molecule has 0 bridgehead atoms. The monoisotopic (exact) mass is 325 g/mol. The van der Waals surface area contributed by atoms with Crippen molar-refractivity contribution in [2.75, 3.05) is 18.0 Å². The van der Waals surface area contributed by atoms with Crippen molar-refractivity contribution in [2.45, 2.75) is 46.2 Å². The first kappa shape index (κ1) is 14.8. The Morgan fingerprint density at radius 1 is 1.53 bits per heavy atom. The maximum absolute atomic E-state index is 4.65. The minimum atomic E-state index is 0.494. The summed E-state index contributed by atoms with van der Waals surface area (Å²) in [6, 6.07) is 2.69. The quantitative estimate of drug-likeness (QED) is 0.896. The van der Waals surface area contributed by atoms with Gasteiger partial charge < -0.3 is 10.2 Å². The number of nitrogens with zero attached hydrogens (tertiary/aromatic N) is 2. The van der Waals surface area contributed by atoms with Gasteiger partial charge in [0.05, 0.1) is 0 Å². The first-order valence-electron chi connectivity index (χ1n) is 7.23. The molecule has 0 aliphatic carbocycles. The Hall–Kier alpha value is -0.610. The Bertz CT molecular complexity index is 420. The summed E-state index contributed by atoms with van der Waals surface area (Å²) in [6.45, 7) is 9.81. The Labute approximate surface area is 124 Å². The molecule has 1 aliphatic rings. The first-order chi connectivity index (χ1) is 9.10. The fraction of sp³-hybridized carbons (Fsp3) is 0.667. The molecular formula is C15H24BrN3. The second-order valence-electron chi connectivity index (χ2n) is 5.68. The molecule has 0 aromatic carbocycles. The van der Waals surface area contributed by atoms with Crippen LogP contribution in [0.1, 0.15) is 39.2 Å². The SMILES string of the molecule is CCC1CCN(c2ncc(Br)cc2CNC(C)C)C1. The normalized spacial score (nSPS) is 19.4. The molecule has 19 heavy (non-hydrogen) atoms. The van der Waals surface area contributed by atoms with E-state index in [9.17, 15) is 0 Å². The molecule has 3 nitrogen and oxygen atoms in total. The highest BCUT2D eigenvalue weighted by Gasteiger charge is 2.23. The van der Waals surface area contributed by atoms with E-state index in [-0.39, 0.29) is 0 Å². The number of hydrogen-bond acceptors (Lipinski definition) is 3. The second kappa shape index (κ2) is 6.71. The fourth-order valence-corrected chi connectivity index (χ4v) is 2.94. The third kappa shape index (κ3) is 3.93. The van der Waals surface area contributed by atoms with Crippen molar-refractivity contribution in [1.29, 1.82) is 0 Å². The van der Waals surface area contributed by atoms with Crippen LogP contribution in [-0.4, -0.2) is 24.1 Å². The Balaban J connectivity index is 2.14. The Kier molecular flexibility index (Phi) is 5.22. The molecule has 1 fully saturated rings. The molecule has 0 spiro atoms. The molecule has 1 aromatic heterocycles.